The normalized spacial score (nSPS) is 11.3. The van der Waals surface area contributed by atoms with Gasteiger partial charge >= 0.3 is 0 Å². The van der Waals surface area contributed by atoms with Gasteiger partial charge in [-0.05, 0) is 38.1 Å². The van der Waals surface area contributed by atoms with Gasteiger partial charge in [0.2, 0.25) is 0 Å². The molecule has 0 spiro atoms. The molecular weight excluding hydrogens is 354 g/mol. The molecule has 0 aliphatic carbocycles. The number of nitrogen functional groups attached to an aromatic ring is 1. The second-order valence-corrected chi connectivity index (χ2v) is 6.13. The maximum atomic E-state index is 14.4. The first-order valence-corrected chi connectivity index (χ1v) is 8.08. The van der Waals surface area contributed by atoms with Crippen molar-refractivity contribution in [2.75, 3.05) is 5.73 Å². The Bertz CT molecular complexity index is 1240. The second-order valence-electron chi connectivity index (χ2n) is 6.13. The fourth-order valence-electron chi connectivity index (χ4n) is 3.11. The first-order chi connectivity index (χ1) is 12.9. The summed E-state index contributed by atoms with van der Waals surface area (Å²) in [7, 11) is 0. The van der Waals surface area contributed by atoms with Gasteiger partial charge in [0, 0.05) is 12.1 Å². The molecule has 0 saturated heterocycles. The van der Waals surface area contributed by atoms with Gasteiger partial charge < -0.3 is 10.3 Å². The first kappa shape index (κ1) is 16.9. The molecule has 136 valence electrons. The molecule has 2 N–H and O–H groups in total. The number of aryl methyl sites for hydroxylation is 2. The van der Waals surface area contributed by atoms with Crippen molar-refractivity contribution in [2.24, 2.45) is 0 Å². The number of anilines is 1. The van der Waals surface area contributed by atoms with Crippen LogP contribution in [0.5, 0.6) is 0 Å². The highest BCUT2D eigenvalue weighted by molar-refractivity contribution is 5.82. The number of halogens is 2. The maximum absolute atomic E-state index is 14.4. The molecule has 27 heavy (non-hydrogen) atoms. The van der Waals surface area contributed by atoms with Crippen molar-refractivity contribution < 1.29 is 13.3 Å². The van der Waals surface area contributed by atoms with Gasteiger partial charge in [-0.15, -0.1) is 0 Å². The van der Waals surface area contributed by atoms with Gasteiger partial charge in [-0.2, -0.15) is 0 Å². The molecule has 6 nitrogen and oxygen atoms in total. The summed E-state index contributed by atoms with van der Waals surface area (Å²) in [6, 6.07) is 7.54. The number of aromatic nitrogens is 3. The molecule has 3 aromatic heterocycles. The monoisotopic (exact) mass is 368 g/mol. The summed E-state index contributed by atoms with van der Waals surface area (Å²) in [4.78, 5) is 16.9. The van der Waals surface area contributed by atoms with Gasteiger partial charge in [-0.1, -0.05) is 5.16 Å². The number of benzene rings is 1. The van der Waals surface area contributed by atoms with Gasteiger partial charge in [0.15, 0.2) is 11.1 Å². The minimum atomic E-state index is -0.823. The smallest absolute Gasteiger partial charge is 0.193 e. The molecule has 4 rings (SSSR count). The Kier molecular flexibility index (Phi) is 3.76. The molecule has 0 bridgehead atoms. The Morgan fingerprint density at radius 3 is 2.56 bits per heavy atom. The van der Waals surface area contributed by atoms with Crippen molar-refractivity contribution in [3.63, 3.8) is 0 Å². The van der Waals surface area contributed by atoms with Crippen molar-refractivity contribution in [1.82, 2.24) is 14.7 Å². The SMILES string of the molecule is Cc1noc(C)c1-c1ccc2c(=O)cc(N)n(-c3ccc(F)cc3F)c2n1. The lowest BCUT2D eigenvalue weighted by Gasteiger charge is -2.15. The Hall–Kier alpha value is -3.55. The molecule has 1 aromatic carbocycles. The fourth-order valence-corrected chi connectivity index (χ4v) is 3.11. The van der Waals surface area contributed by atoms with Gasteiger partial charge in [-0.25, -0.2) is 13.8 Å². The van der Waals surface area contributed by atoms with Crippen LogP contribution < -0.4 is 11.2 Å². The topological polar surface area (TPSA) is 86.9 Å². The van der Waals surface area contributed by atoms with Crippen LogP contribution in [0, 0.1) is 25.5 Å². The average molecular weight is 368 g/mol. The van der Waals surface area contributed by atoms with Crippen molar-refractivity contribution >= 4 is 16.9 Å². The highest BCUT2D eigenvalue weighted by Crippen LogP contribution is 2.28. The summed E-state index contributed by atoms with van der Waals surface area (Å²) >= 11 is 0. The summed E-state index contributed by atoms with van der Waals surface area (Å²) in [5.41, 5.74) is 7.59. The quantitative estimate of drug-likeness (QED) is 0.585. The maximum Gasteiger partial charge on any atom is 0.193 e. The molecule has 0 radical (unpaired) electrons. The molecule has 0 aliphatic rings. The molecule has 0 amide bonds. The third-order valence-electron chi connectivity index (χ3n) is 4.33. The van der Waals surface area contributed by atoms with E-state index in [2.05, 4.69) is 10.1 Å². The highest BCUT2D eigenvalue weighted by atomic mass is 19.1. The van der Waals surface area contributed by atoms with E-state index in [1.165, 1.54) is 16.7 Å². The van der Waals surface area contributed by atoms with E-state index in [0.717, 1.165) is 12.1 Å². The molecule has 4 aromatic rings. The van der Waals surface area contributed by atoms with E-state index < -0.39 is 11.6 Å². The van der Waals surface area contributed by atoms with Gasteiger partial charge in [-0.3, -0.25) is 9.36 Å². The predicted octanol–water partition coefficient (Wildman–Crippen LogP) is 3.52. The van der Waals surface area contributed by atoms with Gasteiger partial charge in [0.25, 0.3) is 0 Å². The number of hydrogen-bond acceptors (Lipinski definition) is 5. The van der Waals surface area contributed by atoms with Crippen molar-refractivity contribution in [1.29, 1.82) is 0 Å². The average Bonchev–Trinajstić information content (AvgIpc) is 2.94. The third-order valence-corrected chi connectivity index (χ3v) is 4.33. The molecule has 8 heteroatoms. The summed E-state index contributed by atoms with van der Waals surface area (Å²) < 4.78 is 34.2. The van der Waals surface area contributed by atoms with Crippen LogP contribution in [0.2, 0.25) is 0 Å². The number of nitrogens with zero attached hydrogens (tertiary/aromatic N) is 3. The third kappa shape index (κ3) is 2.66. The van der Waals surface area contributed by atoms with Crippen LogP contribution in [0.15, 0.2) is 45.7 Å². The van der Waals surface area contributed by atoms with E-state index in [0.29, 0.717) is 22.7 Å². The van der Waals surface area contributed by atoms with E-state index in [1.807, 2.05) is 0 Å². The van der Waals surface area contributed by atoms with Crippen LogP contribution in [0.1, 0.15) is 11.5 Å². The van der Waals surface area contributed by atoms with Crippen LogP contribution in [0.4, 0.5) is 14.6 Å². The van der Waals surface area contributed by atoms with E-state index >= 15 is 0 Å². The van der Waals surface area contributed by atoms with Crippen molar-refractivity contribution in [3.8, 4) is 16.9 Å². The largest absolute Gasteiger partial charge is 0.385 e. The number of hydrogen-bond donors (Lipinski definition) is 1. The Labute approximate surface area is 151 Å². The number of pyridine rings is 2. The van der Waals surface area contributed by atoms with Crippen LogP contribution in [0.25, 0.3) is 28.0 Å². The standard InChI is InChI=1S/C19H14F2N4O2/c1-9-18(10(2)27-24-9)14-5-4-12-16(26)8-17(22)25(19(12)23-14)15-6-3-11(20)7-13(15)21/h3-8H,22H2,1-2H3. The van der Waals surface area contributed by atoms with E-state index in [-0.39, 0.29) is 28.0 Å². The summed E-state index contributed by atoms with van der Waals surface area (Å²) in [6.07, 6.45) is 0. The number of rotatable bonds is 2. The zero-order valence-electron chi connectivity index (χ0n) is 14.5. The molecule has 3 heterocycles. The molecule has 0 saturated carbocycles. The number of nitrogens with two attached hydrogens (primary N) is 1. The van der Waals surface area contributed by atoms with Crippen LogP contribution in [-0.2, 0) is 0 Å². The Morgan fingerprint density at radius 2 is 1.89 bits per heavy atom. The molecule has 0 aliphatic heterocycles. The summed E-state index contributed by atoms with van der Waals surface area (Å²) in [5, 5.41) is 4.16. The minimum Gasteiger partial charge on any atom is -0.385 e. The molecule has 0 unspecified atom stereocenters. The second kappa shape index (κ2) is 6.01. The van der Waals surface area contributed by atoms with Crippen molar-refractivity contribution in [2.45, 2.75) is 13.8 Å². The number of fused-ring (bicyclic) bond motifs is 1. The summed E-state index contributed by atoms with van der Waals surface area (Å²) in [5.74, 6) is -0.993. The molecule has 0 atom stereocenters. The van der Waals surface area contributed by atoms with E-state index in [1.54, 1.807) is 26.0 Å². The predicted molar refractivity (Wildman–Crippen MR) is 96.6 cm³/mol. The lowest BCUT2D eigenvalue weighted by Crippen LogP contribution is -2.14. The lowest BCUT2D eigenvalue weighted by molar-refractivity contribution is 0.393. The molecular formula is C19H14F2N4O2. The summed E-state index contributed by atoms with van der Waals surface area (Å²) in [6.45, 7) is 3.51. The van der Waals surface area contributed by atoms with Crippen LogP contribution >= 0.6 is 0 Å². The van der Waals surface area contributed by atoms with Gasteiger partial charge in [0.1, 0.15) is 23.2 Å². The minimum absolute atomic E-state index is 0.0117. The van der Waals surface area contributed by atoms with E-state index in [9.17, 15) is 13.6 Å². The molecule has 0 fully saturated rings. The highest BCUT2D eigenvalue weighted by Gasteiger charge is 2.18. The lowest BCUT2D eigenvalue weighted by atomic mass is 10.1. The zero-order chi connectivity index (χ0) is 19.3. The fraction of sp³-hybridized carbons (Fsp3) is 0.105. The van der Waals surface area contributed by atoms with E-state index in [4.69, 9.17) is 10.3 Å². The van der Waals surface area contributed by atoms with Gasteiger partial charge in [0.05, 0.1) is 28.0 Å². The zero-order valence-corrected chi connectivity index (χ0v) is 14.5. The van der Waals surface area contributed by atoms with Crippen LogP contribution in [-0.4, -0.2) is 14.7 Å². The van der Waals surface area contributed by atoms with Crippen molar-refractivity contribution in [3.05, 3.63) is 69.7 Å². The Morgan fingerprint density at radius 1 is 1.11 bits per heavy atom. The first-order valence-electron chi connectivity index (χ1n) is 8.08. The Balaban J connectivity index is 2.09. The van der Waals surface area contributed by atoms with Crippen LogP contribution in [0.3, 0.4) is 0 Å².